The molecule has 3 nitrogen and oxygen atoms in total. The Labute approximate surface area is 134 Å². The zero-order valence-corrected chi connectivity index (χ0v) is 14.1. The third kappa shape index (κ3) is 3.89. The van der Waals surface area contributed by atoms with Gasteiger partial charge < -0.3 is 5.11 Å². The summed E-state index contributed by atoms with van der Waals surface area (Å²) in [6.45, 7) is 7.49. The molecule has 2 rings (SSSR count). The van der Waals surface area contributed by atoms with Crippen molar-refractivity contribution in [2.24, 2.45) is 0 Å². The fourth-order valence-electron chi connectivity index (χ4n) is 3.45. The number of unbranched alkanes of at least 4 members (excludes halogenated alkanes) is 1. The van der Waals surface area contributed by atoms with Gasteiger partial charge in [0.1, 0.15) is 6.04 Å². The summed E-state index contributed by atoms with van der Waals surface area (Å²) in [4.78, 5) is 13.7. The highest BCUT2D eigenvalue weighted by Crippen LogP contribution is 2.34. The van der Waals surface area contributed by atoms with E-state index < -0.39 is 5.97 Å². The van der Waals surface area contributed by atoms with E-state index in [9.17, 15) is 9.90 Å². The van der Waals surface area contributed by atoms with E-state index in [0.717, 1.165) is 38.6 Å². The van der Waals surface area contributed by atoms with Crippen LogP contribution in [0.1, 0.15) is 76.0 Å². The molecular weight excluding hydrogens is 274 g/mol. The molecule has 1 aliphatic heterocycles. The van der Waals surface area contributed by atoms with Crippen molar-refractivity contribution in [3.05, 3.63) is 35.4 Å². The largest absolute Gasteiger partial charge is 0.480 e. The van der Waals surface area contributed by atoms with Gasteiger partial charge in [-0.2, -0.15) is 0 Å². The molecule has 1 fully saturated rings. The predicted octanol–water partition coefficient (Wildman–Crippen LogP) is 4.59. The molecule has 1 aromatic rings. The molecule has 3 heteroatoms. The van der Waals surface area contributed by atoms with Crippen molar-refractivity contribution < 1.29 is 9.90 Å². The van der Waals surface area contributed by atoms with E-state index in [-0.39, 0.29) is 12.1 Å². The topological polar surface area (TPSA) is 40.5 Å². The Hall–Kier alpha value is -1.35. The number of carboxylic acid groups (broad SMARTS) is 1. The minimum atomic E-state index is -0.669. The predicted molar refractivity (Wildman–Crippen MR) is 90.2 cm³/mol. The Morgan fingerprint density at radius 1 is 1.27 bits per heavy atom. The summed E-state index contributed by atoms with van der Waals surface area (Å²) in [6, 6.07) is 8.73. The first-order valence-corrected chi connectivity index (χ1v) is 8.63. The molecule has 1 saturated heterocycles. The van der Waals surface area contributed by atoms with E-state index in [1.807, 2.05) is 0 Å². The highest BCUT2D eigenvalue weighted by molar-refractivity contribution is 5.73. The minimum Gasteiger partial charge on any atom is -0.480 e. The summed E-state index contributed by atoms with van der Waals surface area (Å²) in [6.07, 6.45) is 5.10. The van der Waals surface area contributed by atoms with E-state index in [4.69, 9.17) is 0 Å². The molecule has 2 atom stereocenters. The molecule has 0 spiro atoms. The number of benzene rings is 1. The van der Waals surface area contributed by atoms with Crippen LogP contribution in [-0.2, 0) is 4.79 Å². The maximum Gasteiger partial charge on any atom is 0.320 e. The van der Waals surface area contributed by atoms with Crippen LogP contribution in [0.2, 0.25) is 0 Å². The van der Waals surface area contributed by atoms with Gasteiger partial charge in [0, 0.05) is 6.04 Å². The number of carboxylic acids is 1. The Bertz CT molecular complexity index is 481. The lowest BCUT2D eigenvalue weighted by Gasteiger charge is -2.32. The number of aliphatic carboxylic acids is 1. The first-order valence-electron chi connectivity index (χ1n) is 8.63. The van der Waals surface area contributed by atoms with Gasteiger partial charge in [-0.05, 0) is 42.9 Å². The molecule has 1 N–H and O–H groups in total. The average molecular weight is 303 g/mol. The molecule has 1 aliphatic rings. The molecule has 1 aromatic carbocycles. The first-order chi connectivity index (χ1) is 10.5. The van der Waals surface area contributed by atoms with Crippen LogP contribution in [0.5, 0.6) is 0 Å². The van der Waals surface area contributed by atoms with Crippen LogP contribution in [0.3, 0.4) is 0 Å². The fraction of sp³-hybridized carbons (Fsp3) is 0.632. The number of hydrogen-bond acceptors (Lipinski definition) is 2. The van der Waals surface area contributed by atoms with E-state index >= 15 is 0 Å². The van der Waals surface area contributed by atoms with E-state index in [1.54, 1.807) is 0 Å². The summed E-state index contributed by atoms with van der Waals surface area (Å²) in [7, 11) is 0. The maximum absolute atomic E-state index is 11.5. The Balaban J connectivity index is 2.23. The Kier molecular flexibility index (Phi) is 6.01. The van der Waals surface area contributed by atoms with Crippen molar-refractivity contribution in [3.8, 4) is 0 Å². The van der Waals surface area contributed by atoms with Gasteiger partial charge in [0.05, 0.1) is 0 Å². The molecule has 0 bridgehead atoms. The zero-order valence-electron chi connectivity index (χ0n) is 14.1. The lowest BCUT2D eigenvalue weighted by Crippen LogP contribution is -2.38. The zero-order chi connectivity index (χ0) is 16.1. The van der Waals surface area contributed by atoms with Gasteiger partial charge in [0.15, 0.2) is 0 Å². The van der Waals surface area contributed by atoms with Crippen LogP contribution in [0, 0.1) is 0 Å². The summed E-state index contributed by atoms with van der Waals surface area (Å²) in [5, 5.41) is 9.48. The number of likely N-dealkylation sites (tertiary alicyclic amines) is 1. The second-order valence-electron chi connectivity index (χ2n) is 6.71. The van der Waals surface area contributed by atoms with Crippen molar-refractivity contribution in [2.75, 3.05) is 6.54 Å². The van der Waals surface area contributed by atoms with E-state index in [1.165, 1.54) is 11.1 Å². The van der Waals surface area contributed by atoms with Gasteiger partial charge in [-0.3, -0.25) is 9.69 Å². The fourth-order valence-corrected chi connectivity index (χ4v) is 3.45. The average Bonchev–Trinajstić information content (AvgIpc) is 2.98. The Morgan fingerprint density at radius 2 is 1.91 bits per heavy atom. The van der Waals surface area contributed by atoms with Gasteiger partial charge in [-0.15, -0.1) is 0 Å². The summed E-state index contributed by atoms with van der Waals surface area (Å²) < 4.78 is 0. The summed E-state index contributed by atoms with van der Waals surface area (Å²) in [5.74, 6) is -0.139. The van der Waals surface area contributed by atoms with Crippen LogP contribution >= 0.6 is 0 Å². The third-order valence-corrected chi connectivity index (χ3v) is 4.80. The Morgan fingerprint density at radius 3 is 2.45 bits per heavy atom. The molecule has 0 radical (unpaired) electrons. The molecule has 0 aromatic heterocycles. The van der Waals surface area contributed by atoms with Gasteiger partial charge in [0.25, 0.3) is 0 Å². The molecular formula is C19H29NO2. The number of nitrogens with zero attached hydrogens (tertiary/aromatic N) is 1. The van der Waals surface area contributed by atoms with Gasteiger partial charge >= 0.3 is 5.97 Å². The van der Waals surface area contributed by atoms with Crippen molar-refractivity contribution in [2.45, 2.75) is 70.9 Å². The van der Waals surface area contributed by atoms with Crippen LogP contribution in [-0.4, -0.2) is 28.6 Å². The van der Waals surface area contributed by atoms with Crippen LogP contribution in [0.15, 0.2) is 24.3 Å². The summed E-state index contributed by atoms with van der Waals surface area (Å²) >= 11 is 0. The quantitative estimate of drug-likeness (QED) is 0.801. The third-order valence-electron chi connectivity index (χ3n) is 4.80. The van der Waals surface area contributed by atoms with Crippen molar-refractivity contribution in [3.63, 3.8) is 0 Å². The molecule has 2 unspecified atom stereocenters. The lowest BCUT2D eigenvalue weighted by molar-refractivity contribution is -0.143. The van der Waals surface area contributed by atoms with Crippen LogP contribution in [0.25, 0.3) is 0 Å². The number of rotatable bonds is 7. The van der Waals surface area contributed by atoms with Crippen molar-refractivity contribution >= 4 is 5.97 Å². The molecule has 0 saturated carbocycles. The van der Waals surface area contributed by atoms with Gasteiger partial charge in [-0.1, -0.05) is 57.9 Å². The standard InChI is InChI=1S/C19H29NO2/c1-4-5-7-17(20-13-6-8-18(20)19(21)22)16-11-9-15(10-12-16)14(2)3/h9-12,14,17-18H,4-8,13H2,1-3H3,(H,21,22). The van der Waals surface area contributed by atoms with Crippen molar-refractivity contribution in [1.82, 2.24) is 4.90 Å². The molecule has 122 valence electrons. The molecule has 22 heavy (non-hydrogen) atoms. The van der Waals surface area contributed by atoms with E-state index in [2.05, 4.69) is 49.9 Å². The normalized spacial score (nSPS) is 20.5. The lowest BCUT2D eigenvalue weighted by atomic mass is 9.95. The van der Waals surface area contributed by atoms with Crippen LogP contribution < -0.4 is 0 Å². The first kappa shape index (κ1) is 17.0. The minimum absolute atomic E-state index is 0.241. The second kappa shape index (κ2) is 7.77. The maximum atomic E-state index is 11.5. The highest BCUT2D eigenvalue weighted by Gasteiger charge is 2.35. The highest BCUT2D eigenvalue weighted by atomic mass is 16.4. The van der Waals surface area contributed by atoms with Gasteiger partial charge in [-0.25, -0.2) is 0 Å². The summed E-state index contributed by atoms with van der Waals surface area (Å²) in [5.41, 5.74) is 2.61. The smallest absolute Gasteiger partial charge is 0.320 e. The molecule has 0 aliphatic carbocycles. The monoisotopic (exact) mass is 303 g/mol. The van der Waals surface area contributed by atoms with Gasteiger partial charge in [0.2, 0.25) is 0 Å². The van der Waals surface area contributed by atoms with Crippen LogP contribution in [0.4, 0.5) is 0 Å². The second-order valence-corrected chi connectivity index (χ2v) is 6.71. The molecule has 0 amide bonds. The van der Waals surface area contributed by atoms with E-state index in [0.29, 0.717) is 5.92 Å². The number of hydrogen-bond donors (Lipinski definition) is 1. The number of carbonyl (C=O) groups is 1. The van der Waals surface area contributed by atoms with Crippen molar-refractivity contribution in [1.29, 1.82) is 0 Å². The SMILES string of the molecule is CCCCC(c1ccc(C(C)C)cc1)N1CCCC1C(=O)O. The molecule has 1 heterocycles.